The minimum absolute atomic E-state index is 0. The maximum Gasteiger partial charge on any atom is 0.189 e. The van der Waals surface area contributed by atoms with Crippen molar-refractivity contribution in [2.45, 2.75) is 45.8 Å². The number of nitrogens with two attached hydrogens (primary N) is 1. The predicted molar refractivity (Wildman–Crippen MR) is 102 cm³/mol. The maximum absolute atomic E-state index is 5.88. The van der Waals surface area contributed by atoms with E-state index >= 15 is 0 Å². The van der Waals surface area contributed by atoms with Crippen molar-refractivity contribution < 1.29 is 0 Å². The number of nitrogens with zero attached hydrogens (tertiary/aromatic N) is 2. The Bertz CT molecular complexity index is 426. The fraction of sp³-hybridized carbons (Fsp3) is 0.562. The summed E-state index contributed by atoms with van der Waals surface area (Å²) in [6, 6.07) is 10.8. The number of guanidine groups is 1. The molecule has 0 radical (unpaired) electrons. The minimum Gasteiger partial charge on any atom is -0.370 e. The van der Waals surface area contributed by atoms with Crippen LogP contribution in [0.15, 0.2) is 35.3 Å². The van der Waals surface area contributed by atoms with E-state index in [0.717, 1.165) is 6.54 Å². The van der Waals surface area contributed by atoms with E-state index in [0.29, 0.717) is 18.5 Å². The fourth-order valence-corrected chi connectivity index (χ4v) is 1.82. The minimum atomic E-state index is -0.0488. The lowest BCUT2D eigenvalue weighted by Crippen LogP contribution is -2.45. The third-order valence-electron chi connectivity index (χ3n) is 3.06. The third-order valence-corrected chi connectivity index (χ3v) is 3.06. The normalized spacial score (nSPS) is 13.7. The molecule has 1 aromatic carbocycles. The standard InChI is InChI=1S/C16H28N4.HI/c1-13(11-18-15(17)19-16(2,3)4)20(5)12-14-9-7-6-8-10-14;/h6-10,13H,11-12H2,1-5H3,(H3,17,18,19);1H. The lowest BCUT2D eigenvalue weighted by Gasteiger charge is -2.25. The summed E-state index contributed by atoms with van der Waals surface area (Å²) in [5.41, 5.74) is 7.14. The summed E-state index contributed by atoms with van der Waals surface area (Å²) in [7, 11) is 2.11. The van der Waals surface area contributed by atoms with Crippen molar-refractivity contribution in [2.75, 3.05) is 13.6 Å². The molecule has 1 aromatic rings. The maximum atomic E-state index is 5.88. The van der Waals surface area contributed by atoms with Gasteiger partial charge in [0.25, 0.3) is 0 Å². The molecule has 0 amide bonds. The van der Waals surface area contributed by atoms with E-state index in [1.165, 1.54) is 5.56 Å². The van der Waals surface area contributed by atoms with Crippen molar-refractivity contribution in [1.29, 1.82) is 0 Å². The Morgan fingerprint density at radius 1 is 1.29 bits per heavy atom. The Labute approximate surface area is 146 Å². The topological polar surface area (TPSA) is 53.6 Å². The lowest BCUT2D eigenvalue weighted by atomic mass is 10.1. The second-order valence-corrected chi connectivity index (χ2v) is 6.35. The molecule has 0 aliphatic rings. The van der Waals surface area contributed by atoms with Crippen molar-refractivity contribution in [3.05, 3.63) is 35.9 Å². The molecule has 0 saturated carbocycles. The Balaban J connectivity index is 0.00000400. The van der Waals surface area contributed by atoms with Crippen LogP contribution in [0.5, 0.6) is 0 Å². The molecule has 0 aliphatic carbocycles. The molecule has 21 heavy (non-hydrogen) atoms. The molecule has 5 heteroatoms. The summed E-state index contributed by atoms with van der Waals surface area (Å²) in [5.74, 6) is 0.512. The Kier molecular flexibility index (Phi) is 8.89. The predicted octanol–water partition coefficient (Wildman–Crippen LogP) is 2.83. The van der Waals surface area contributed by atoms with Gasteiger partial charge < -0.3 is 11.1 Å². The molecule has 1 unspecified atom stereocenters. The largest absolute Gasteiger partial charge is 0.370 e. The molecule has 0 aromatic heterocycles. The van der Waals surface area contributed by atoms with Crippen LogP contribution < -0.4 is 11.1 Å². The first-order valence-corrected chi connectivity index (χ1v) is 7.10. The van der Waals surface area contributed by atoms with Gasteiger partial charge in [-0.25, -0.2) is 0 Å². The van der Waals surface area contributed by atoms with E-state index in [9.17, 15) is 0 Å². The van der Waals surface area contributed by atoms with Gasteiger partial charge in [0.15, 0.2) is 5.96 Å². The van der Waals surface area contributed by atoms with Crippen LogP contribution in [-0.2, 0) is 6.54 Å². The van der Waals surface area contributed by atoms with Gasteiger partial charge in [-0.15, -0.1) is 24.0 Å². The molecule has 1 atom stereocenters. The van der Waals surface area contributed by atoms with Crippen LogP contribution in [0.3, 0.4) is 0 Å². The van der Waals surface area contributed by atoms with Gasteiger partial charge in [0.2, 0.25) is 0 Å². The molecule has 0 aliphatic heterocycles. The average molecular weight is 404 g/mol. The van der Waals surface area contributed by atoms with Crippen molar-refractivity contribution in [1.82, 2.24) is 10.2 Å². The molecule has 3 N–H and O–H groups in total. The van der Waals surface area contributed by atoms with E-state index in [1.54, 1.807) is 0 Å². The van der Waals surface area contributed by atoms with Crippen LogP contribution in [0.1, 0.15) is 33.3 Å². The lowest BCUT2D eigenvalue weighted by molar-refractivity contribution is 0.255. The summed E-state index contributed by atoms with van der Waals surface area (Å²) in [5, 5.41) is 3.17. The number of likely N-dealkylation sites (N-methyl/N-ethyl adjacent to an activating group) is 1. The number of hydrogen-bond donors (Lipinski definition) is 2. The van der Waals surface area contributed by atoms with E-state index in [2.05, 4.69) is 74.2 Å². The zero-order chi connectivity index (χ0) is 15.2. The van der Waals surface area contributed by atoms with Gasteiger partial charge in [-0.05, 0) is 40.3 Å². The van der Waals surface area contributed by atoms with E-state index < -0.39 is 0 Å². The van der Waals surface area contributed by atoms with Gasteiger partial charge in [-0.3, -0.25) is 9.89 Å². The van der Waals surface area contributed by atoms with Crippen LogP contribution >= 0.6 is 24.0 Å². The molecule has 120 valence electrons. The van der Waals surface area contributed by atoms with Crippen molar-refractivity contribution in [3.8, 4) is 0 Å². The first-order chi connectivity index (χ1) is 9.28. The highest BCUT2D eigenvalue weighted by molar-refractivity contribution is 14.0. The number of halogens is 1. The van der Waals surface area contributed by atoms with Gasteiger partial charge in [-0.1, -0.05) is 30.3 Å². The number of aliphatic imine (C=N–C) groups is 1. The molecule has 4 nitrogen and oxygen atoms in total. The molecule has 0 fully saturated rings. The summed E-state index contributed by atoms with van der Waals surface area (Å²) in [6.07, 6.45) is 0. The van der Waals surface area contributed by atoms with Crippen LogP contribution in [0.4, 0.5) is 0 Å². The second-order valence-electron chi connectivity index (χ2n) is 6.35. The zero-order valence-corrected chi connectivity index (χ0v) is 16.1. The number of benzene rings is 1. The van der Waals surface area contributed by atoms with E-state index in [4.69, 9.17) is 5.73 Å². The SMILES string of the molecule is CC(CN=C(N)NC(C)(C)C)N(C)Cc1ccccc1.I. The Hall–Kier alpha value is -0.820. The fourth-order valence-electron chi connectivity index (χ4n) is 1.82. The van der Waals surface area contributed by atoms with Gasteiger partial charge in [0, 0.05) is 18.1 Å². The average Bonchev–Trinajstić information content (AvgIpc) is 2.35. The third kappa shape index (κ3) is 8.93. The first kappa shape index (κ1) is 20.2. The van der Waals surface area contributed by atoms with E-state index in [1.807, 2.05) is 6.07 Å². The first-order valence-electron chi connectivity index (χ1n) is 7.10. The van der Waals surface area contributed by atoms with Crippen LogP contribution in [0.2, 0.25) is 0 Å². The van der Waals surface area contributed by atoms with Crippen LogP contribution in [0, 0.1) is 0 Å². The molecule has 1 rings (SSSR count). The molecule has 0 spiro atoms. The van der Waals surface area contributed by atoms with Crippen molar-refractivity contribution in [3.63, 3.8) is 0 Å². The zero-order valence-electron chi connectivity index (χ0n) is 13.8. The second kappa shape index (κ2) is 9.25. The van der Waals surface area contributed by atoms with Gasteiger partial charge in [-0.2, -0.15) is 0 Å². The number of hydrogen-bond acceptors (Lipinski definition) is 2. The van der Waals surface area contributed by atoms with Crippen molar-refractivity contribution in [2.24, 2.45) is 10.7 Å². The summed E-state index contributed by atoms with van der Waals surface area (Å²) in [4.78, 5) is 6.69. The molecular formula is C16H29IN4. The molecule has 0 bridgehead atoms. The highest BCUT2D eigenvalue weighted by Crippen LogP contribution is 2.06. The van der Waals surface area contributed by atoms with Gasteiger partial charge >= 0.3 is 0 Å². The highest BCUT2D eigenvalue weighted by Gasteiger charge is 2.12. The van der Waals surface area contributed by atoms with Gasteiger partial charge in [0.05, 0.1) is 6.54 Å². The van der Waals surface area contributed by atoms with Crippen LogP contribution in [-0.4, -0.2) is 36.0 Å². The van der Waals surface area contributed by atoms with Crippen molar-refractivity contribution >= 4 is 29.9 Å². The molecule has 0 heterocycles. The van der Waals surface area contributed by atoms with Crippen LogP contribution in [0.25, 0.3) is 0 Å². The summed E-state index contributed by atoms with van der Waals surface area (Å²) >= 11 is 0. The number of rotatable bonds is 5. The van der Waals surface area contributed by atoms with Gasteiger partial charge in [0.1, 0.15) is 0 Å². The molecule has 0 saturated heterocycles. The van der Waals surface area contributed by atoms with E-state index in [-0.39, 0.29) is 29.5 Å². The number of nitrogens with one attached hydrogen (secondary N) is 1. The monoisotopic (exact) mass is 404 g/mol. The Morgan fingerprint density at radius 3 is 2.38 bits per heavy atom. The molecular weight excluding hydrogens is 375 g/mol. The summed E-state index contributed by atoms with van der Waals surface area (Å²) < 4.78 is 0. The summed E-state index contributed by atoms with van der Waals surface area (Å²) in [6.45, 7) is 9.99. The Morgan fingerprint density at radius 2 is 1.86 bits per heavy atom. The highest BCUT2D eigenvalue weighted by atomic mass is 127. The smallest absolute Gasteiger partial charge is 0.189 e. The quantitative estimate of drug-likeness (QED) is 0.451.